The van der Waals surface area contributed by atoms with Gasteiger partial charge in [-0.05, 0) is 33.6 Å². The molecular formula is C12H16ClNO2. The van der Waals surface area contributed by atoms with Gasteiger partial charge < -0.3 is 9.47 Å². The van der Waals surface area contributed by atoms with Crippen LogP contribution in [0.3, 0.4) is 0 Å². The predicted octanol–water partition coefficient (Wildman–Crippen LogP) is 3.45. The number of ether oxygens (including phenoxy) is 2. The van der Waals surface area contributed by atoms with E-state index >= 15 is 0 Å². The van der Waals surface area contributed by atoms with Crippen LogP contribution < -0.4 is 9.47 Å². The van der Waals surface area contributed by atoms with Crippen molar-refractivity contribution in [2.45, 2.75) is 45.3 Å². The molecule has 4 heteroatoms. The lowest BCUT2D eigenvalue weighted by Gasteiger charge is -2.20. The Bertz CT molecular complexity index is 383. The van der Waals surface area contributed by atoms with Crippen molar-refractivity contribution in [1.29, 1.82) is 0 Å². The Kier molecular flexibility index (Phi) is 2.98. The second kappa shape index (κ2) is 4.13. The van der Waals surface area contributed by atoms with Crippen LogP contribution in [0, 0.1) is 0 Å². The number of hydrogen-bond donors (Lipinski definition) is 0. The number of aromatic nitrogens is 1. The van der Waals surface area contributed by atoms with Crippen molar-refractivity contribution < 1.29 is 9.47 Å². The van der Waals surface area contributed by atoms with Crippen LogP contribution in [0.4, 0.5) is 0 Å². The van der Waals surface area contributed by atoms with Crippen LogP contribution in [0.5, 0.6) is 11.6 Å². The minimum absolute atomic E-state index is 0.269. The maximum Gasteiger partial charge on any atom is 0.215 e. The Labute approximate surface area is 101 Å². The first-order chi connectivity index (χ1) is 7.44. The van der Waals surface area contributed by atoms with E-state index in [9.17, 15) is 0 Å². The van der Waals surface area contributed by atoms with Gasteiger partial charge in [0.1, 0.15) is 5.60 Å². The fourth-order valence-electron chi connectivity index (χ4n) is 1.22. The second-order valence-corrected chi connectivity index (χ2v) is 5.39. The molecule has 0 spiro atoms. The highest BCUT2D eigenvalue weighted by molar-refractivity contribution is 6.32. The smallest absolute Gasteiger partial charge is 0.215 e. The monoisotopic (exact) mass is 241 g/mol. The zero-order chi connectivity index (χ0) is 11.8. The first kappa shape index (κ1) is 11.5. The summed E-state index contributed by atoms with van der Waals surface area (Å²) in [6.07, 6.45) is 4.17. The van der Waals surface area contributed by atoms with E-state index < -0.39 is 0 Å². The molecule has 0 unspecified atom stereocenters. The van der Waals surface area contributed by atoms with Gasteiger partial charge in [-0.15, -0.1) is 0 Å². The van der Waals surface area contributed by atoms with Crippen molar-refractivity contribution in [1.82, 2.24) is 4.98 Å². The quantitative estimate of drug-likeness (QED) is 0.812. The molecule has 88 valence electrons. The topological polar surface area (TPSA) is 31.4 Å². The van der Waals surface area contributed by atoms with Crippen LogP contribution in [0.1, 0.15) is 33.6 Å². The predicted molar refractivity (Wildman–Crippen MR) is 63.3 cm³/mol. The molecule has 1 aliphatic rings. The van der Waals surface area contributed by atoms with Gasteiger partial charge in [-0.2, -0.15) is 0 Å². The summed E-state index contributed by atoms with van der Waals surface area (Å²) in [5.74, 6) is 1.17. The third-order valence-electron chi connectivity index (χ3n) is 2.02. The van der Waals surface area contributed by atoms with E-state index in [1.807, 2.05) is 20.8 Å². The molecule has 0 aromatic carbocycles. The zero-order valence-electron chi connectivity index (χ0n) is 9.79. The maximum atomic E-state index is 6.09. The van der Waals surface area contributed by atoms with Crippen LogP contribution in [0.2, 0.25) is 5.02 Å². The van der Waals surface area contributed by atoms with Crippen molar-refractivity contribution in [3.05, 3.63) is 17.3 Å². The van der Waals surface area contributed by atoms with Crippen molar-refractivity contribution in [3.63, 3.8) is 0 Å². The molecule has 0 radical (unpaired) electrons. The van der Waals surface area contributed by atoms with Crippen LogP contribution in [0.25, 0.3) is 0 Å². The van der Waals surface area contributed by atoms with Crippen LogP contribution >= 0.6 is 11.6 Å². The molecule has 1 saturated carbocycles. The van der Waals surface area contributed by atoms with Crippen molar-refractivity contribution in [2.24, 2.45) is 0 Å². The van der Waals surface area contributed by atoms with Crippen molar-refractivity contribution in [2.75, 3.05) is 0 Å². The van der Waals surface area contributed by atoms with Crippen molar-refractivity contribution in [3.8, 4) is 11.6 Å². The second-order valence-electron chi connectivity index (χ2n) is 4.98. The molecule has 0 N–H and O–H groups in total. The summed E-state index contributed by atoms with van der Waals surface area (Å²) in [4.78, 5) is 4.17. The van der Waals surface area contributed by atoms with Gasteiger partial charge in [-0.25, -0.2) is 4.98 Å². The van der Waals surface area contributed by atoms with Crippen LogP contribution in [-0.4, -0.2) is 16.7 Å². The zero-order valence-corrected chi connectivity index (χ0v) is 10.5. The third-order valence-corrected chi connectivity index (χ3v) is 2.32. The summed E-state index contributed by atoms with van der Waals surface area (Å²) in [7, 11) is 0. The van der Waals surface area contributed by atoms with E-state index in [0.29, 0.717) is 22.8 Å². The van der Waals surface area contributed by atoms with Gasteiger partial charge >= 0.3 is 0 Å². The highest BCUT2D eigenvalue weighted by Crippen LogP contribution is 2.33. The lowest BCUT2D eigenvalue weighted by atomic mass is 10.2. The summed E-state index contributed by atoms with van der Waals surface area (Å²) in [6, 6.07) is 1.70. The fourth-order valence-corrected chi connectivity index (χ4v) is 1.41. The number of halogens is 1. The lowest BCUT2D eigenvalue weighted by molar-refractivity contribution is 0.124. The average Bonchev–Trinajstić information content (AvgIpc) is 2.90. The van der Waals surface area contributed by atoms with E-state index in [0.717, 1.165) is 12.8 Å². The van der Waals surface area contributed by atoms with Gasteiger partial charge in [-0.3, -0.25) is 0 Å². The highest BCUT2D eigenvalue weighted by Gasteiger charge is 2.25. The molecule has 16 heavy (non-hydrogen) atoms. The van der Waals surface area contributed by atoms with Gasteiger partial charge in [0, 0.05) is 6.07 Å². The molecule has 0 bridgehead atoms. The molecule has 0 aliphatic heterocycles. The Morgan fingerprint density at radius 1 is 1.38 bits per heavy atom. The van der Waals surface area contributed by atoms with Gasteiger partial charge in [0.25, 0.3) is 0 Å². The minimum atomic E-state index is -0.269. The van der Waals surface area contributed by atoms with Gasteiger partial charge in [-0.1, -0.05) is 11.6 Å². The Morgan fingerprint density at radius 3 is 2.56 bits per heavy atom. The summed E-state index contributed by atoms with van der Waals surface area (Å²) in [6.45, 7) is 5.91. The SMILES string of the molecule is CC(C)(C)Oc1cc(Cl)c(OC2CC2)cn1. The molecule has 1 aromatic heterocycles. The Balaban J connectivity index is 2.08. The summed E-state index contributed by atoms with van der Waals surface area (Å²) in [5.41, 5.74) is -0.269. The van der Waals surface area contributed by atoms with E-state index in [2.05, 4.69) is 4.98 Å². The highest BCUT2D eigenvalue weighted by atomic mass is 35.5. The fraction of sp³-hybridized carbons (Fsp3) is 0.583. The first-order valence-electron chi connectivity index (χ1n) is 5.45. The number of pyridine rings is 1. The molecule has 2 rings (SSSR count). The normalized spacial score (nSPS) is 16.0. The van der Waals surface area contributed by atoms with Gasteiger partial charge in [0.05, 0.1) is 17.3 Å². The third kappa shape index (κ3) is 3.27. The van der Waals surface area contributed by atoms with Crippen LogP contribution in [-0.2, 0) is 0 Å². The molecule has 0 saturated heterocycles. The van der Waals surface area contributed by atoms with E-state index in [1.165, 1.54) is 0 Å². The maximum absolute atomic E-state index is 6.09. The lowest BCUT2D eigenvalue weighted by Crippen LogP contribution is -2.23. The van der Waals surface area contributed by atoms with Gasteiger partial charge in [0.15, 0.2) is 5.75 Å². The number of rotatable bonds is 3. The van der Waals surface area contributed by atoms with Gasteiger partial charge in [0.2, 0.25) is 5.88 Å². The number of nitrogens with zero attached hydrogens (tertiary/aromatic N) is 1. The standard InChI is InChI=1S/C12H16ClNO2/c1-12(2,3)16-11-6-9(13)10(7-14-11)15-8-4-5-8/h6-8H,4-5H2,1-3H3. The molecule has 1 fully saturated rings. The summed E-state index contributed by atoms with van der Waals surface area (Å²) < 4.78 is 11.2. The summed E-state index contributed by atoms with van der Waals surface area (Å²) >= 11 is 6.09. The van der Waals surface area contributed by atoms with E-state index in [4.69, 9.17) is 21.1 Å². The Hall–Kier alpha value is -0.960. The molecule has 0 atom stereocenters. The molecule has 1 aliphatic carbocycles. The molecule has 1 heterocycles. The van der Waals surface area contributed by atoms with Crippen LogP contribution in [0.15, 0.2) is 12.3 Å². The molecular weight excluding hydrogens is 226 g/mol. The number of hydrogen-bond acceptors (Lipinski definition) is 3. The molecule has 3 nitrogen and oxygen atoms in total. The largest absolute Gasteiger partial charge is 0.487 e. The Morgan fingerprint density at radius 2 is 2.06 bits per heavy atom. The van der Waals surface area contributed by atoms with Crippen molar-refractivity contribution >= 4 is 11.6 Å². The average molecular weight is 242 g/mol. The first-order valence-corrected chi connectivity index (χ1v) is 5.83. The van der Waals surface area contributed by atoms with E-state index in [-0.39, 0.29) is 5.60 Å². The summed E-state index contributed by atoms with van der Waals surface area (Å²) in [5, 5.41) is 0.557. The van der Waals surface area contributed by atoms with E-state index in [1.54, 1.807) is 12.3 Å². The minimum Gasteiger partial charge on any atom is -0.487 e. The molecule has 1 aromatic rings. The molecule has 0 amide bonds.